The number of anilines is 1. The molecule has 4 aromatic heterocycles. The average molecular weight is 486 g/mol. The van der Waals surface area contributed by atoms with Crippen LogP contribution in [0.5, 0.6) is 0 Å². The molecule has 4 heterocycles. The summed E-state index contributed by atoms with van der Waals surface area (Å²) in [5.74, 6) is 1.32. The lowest BCUT2D eigenvalue weighted by Crippen LogP contribution is -2.34. The van der Waals surface area contributed by atoms with Crippen molar-refractivity contribution in [3.63, 3.8) is 0 Å². The van der Waals surface area contributed by atoms with E-state index in [9.17, 15) is 9.59 Å². The largest absolute Gasteiger partial charge is 0.466 e. The van der Waals surface area contributed by atoms with Crippen LogP contribution in [0.2, 0.25) is 0 Å². The Morgan fingerprint density at radius 1 is 1.11 bits per heavy atom. The summed E-state index contributed by atoms with van der Waals surface area (Å²) in [4.78, 5) is 35.7. The normalized spacial score (nSPS) is 11.5. The van der Waals surface area contributed by atoms with Crippen LogP contribution in [0.15, 0.2) is 51.8 Å². The zero-order chi connectivity index (χ0) is 25.6. The molecule has 0 aliphatic carbocycles. The Balaban J connectivity index is 1.56. The number of rotatable bonds is 6. The second-order valence-electron chi connectivity index (χ2n) is 8.88. The van der Waals surface area contributed by atoms with E-state index >= 15 is 0 Å². The number of furan rings is 1. The van der Waals surface area contributed by atoms with Crippen LogP contribution in [0.1, 0.15) is 48.7 Å². The molecule has 10 nitrogen and oxygen atoms in total. The van der Waals surface area contributed by atoms with E-state index in [4.69, 9.17) is 9.40 Å². The summed E-state index contributed by atoms with van der Waals surface area (Å²) >= 11 is 0. The van der Waals surface area contributed by atoms with Gasteiger partial charge in [0, 0.05) is 18.2 Å². The molecule has 1 aromatic carbocycles. The maximum absolute atomic E-state index is 13.5. The second-order valence-corrected chi connectivity index (χ2v) is 8.88. The third-order valence-electron chi connectivity index (χ3n) is 6.08. The highest BCUT2D eigenvalue weighted by molar-refractivity contribution is 6.06. The molecule has 5 aromatic rings. The molecule has 5 rings (SSSR count). The van der Waals surface area contributed by atoms with Crippen LogP contribution in [-0.2, 0) is 6.54 Å². The quantitative estimate of drug-likeness (QED) is 0.343. The zero-order valence-corrected chi connectivity index (χ0v) is 20.8. The fraction of sp³-hybridized carbons (Fsp3) is 0.269. The molecule has 10 heteroatoms. The summed E-state index contributed by atoms with van der Waals surface area (Å²) in [6, 6.07) is 10.8. The number of benzene rings is 1. The number of nitrogens with zero attached hydrogens (tertiary/aromatic N) is 5. The van der Waals surface area contributed by atoms with Crippen molar-refractivity contribution in [1.82, 2.24) is 29.7 Å². The first-order chi connectivity index (χ1) is 17.3. The van der Waals surface area contributed by atoms with E-state index in [1.54, 1.807) is 35.1 Å². The van der Waals surface area contributed by atoms with E-state index in [2.05, 4.69) is 20.9 Å². The third kappa shape index (κ3) is 3.90. The Morgan fingerprint density at radius 3 is 2.58 bits per heavy atom. The first-order valence-electron chi connectivity index (χ1n) is 11.8. The summed E-state index contributed by atoms with van der Waals surface area (Å²) in [6.45, 7) is 9.98. The van der Waals surface area contributed by atoms with Crippen molar-refractivity contribution in [2.45, 2.75) is 47.2 Å². The fourth-order valence-electron chi connectivity index (χ4n) is 4.34. The van der Waals surface area contributed by atoms with Gasteiger partial charge in [0.15, 0.2) is 5.65 Å². The molecule has 184 valence electrons. The van der Waals surface area contributed by atoms with E-state index < -0.39 is 5.91 Å². The van der Waals surface area contributed by atoms with Gasteiger partial charge in [-0.15, -0.1) is 0 Å². The minimum atomic E-state index is -0.408. The molecule has 2 N–H and O–H groups in total. The topological polar surface area (TPSA) is 120 Å². The molecule has 0 fully saturated rings. The van der Waals surface area contributed by atoms with Gasteiger partial charge in [0.25, 0.3) is 11.5 Å². The molecular weight excluding hydrogens is 458 g/mol. The van der Waals surface area contributed by atoms with Crippen molar-refractivity contribution in [3.05, 3.63) is 70.0 Å². The summed E-state index contributed by atoms with van der Waals surface area (Å²) in [7, 11) is 0. The summed E-state index contributed by atoms with van der Waals surface area (Å²) in [5.41, 5.74) is 8.33. The average Bonchev–Trinajstić information content (AvgIpc) is 3.44. The molecule has 0 saturated carbocycles. The number of aromatic nitrogens is 5. The minimum absolute atomic E-state index is 0.0484. The SMILES string of the molecule is CCn1c(NNC(=O)c2cc(-c3cc(C)oc3C)nc3c2cnn3C(C)C)nc2ccccc2c1=O. The van der Waals surface area contributed by atoms with Gasteiger partial charge in [-0.05, 0) is 58.9 Å². The van der Waals surface area contributed by atoms with E-state index in [-0.39, 0.29) is 17.5 Å². The zero-order valence-electron chi connectivity index (χ0n) is 20.8. The molecule has 0 saturated heterocycles. The van der Waals surface area contributed by atoms with Gasteiger partial charge in [0.2, 0.25) is 5.95 Å². The van der Waals surface area contributed by atoms with Crippen LogP contribution < -0.4 is 16.4 Å². The number of nitrogens with one attached hydrogen (secondary N) is 2. The number of carbonyl (C=O) groups is 1. The number of hydrogen-bond donors (Lipinski definition) is 2. The Kier molecular flexibility index (Phi) is 5.79. The number of aryl methyl sites for hydroxylation is 2. The number of fused-ring (bicyclic) bond motifs is 2. The third-order valence-corrected chi connectivity index (χ3v) is 6.08. The smallest absolute Gasteiger partial charge is 0.270 e. The van der Waals surface area contributed by atoms with Crippen LogP contribution >= 0.6 is 0 Å². The number of amides is 1. The Hall–Kier alpha value is -4.47. The van der Waals surface area contributed by atoms with E-state index in [0.29, 0.717) is 45.5 Å². The van der Waals surface area contributed by atoms with E-state index in [1.165, 1.54) is 4.57 Å². The first kappa shape index (κ1) is 23.3. The lowest BCUT2D eigenvalue weighted by Gasteiger charge is -2.15. The second kappa shape index (κ2) is 8.95. The van der Waals surface area contributed by atoms with Crippen LogP contribution in [-0.4, -0.2) is 30.2 Å². The highest BCUT2D eigenvalue weighted by Crippen LogP contribution is 2.30. The van der Waals surface area contributed by atoms with Crippen LogP contribution in [0.4, 0.5) is 5.95 Å². The van der Waals surface area contributed by atoms with Gasteiger partial charge in [0.1, 0.15) is 11.5 Å². The summed E-state index contributed by atoms with van der Waals surface area (Å²) < 4.78 is 8.96. The van der Waals surface area contributed by atoms with Crippen molar-refractivity contribution in [1.29, 1.82) is 0 Å². The number of carbonyl (C=O) groups excluding carboxylic acids is 1. The fourth-order valence-corrected chi connectivity index (χ4v) is 4.34. The predicted octanol–water partition coefficient (Wildman–Crippen LogP) is 4.38. The monoisotopic (exact) mass is 485 g/mol. The Morgan fingerprint density at radius 2 is 1.89 bits per heavy atom. The molecule has 0 radical (unpaired) electrons. The van der Waals surface area contributed by atoms with Crippen molar-refractivity contribution in [3.8, 4) is 11.3 Å². The molecule has 0 bridgehead atoms. The lowest BCUT2D eigenvalue weighted by atomic mass is 10.1. The maximum Gasteiger partial charge on any atom is 0.270 e. The number of pyridine rings is 1. The number of hydrogen-bond acceptors (Lipinski definition) is 7. The van der Waals surface area contributed by atoms with Crippen molar-refractivity contribution in [2.75, 3.05) is 5.43 Å². The molecule has 0 unspecified atom stereocenters. The lowest BCUT2D eigenvalue weighted by molar-refractivity contribution is 0.0963. The molecule has 0 aliphatic rings. The van der Waals surface area contributed by atoms with Gasteiger partial charge in [-0.1, -0.05) is 12.1 Å². The molecule has 1 amide bonds. The number of para-hydroxylation sites is 1. The Bertz CT molecular complexity index is 1680. The molecule has 0 spiro atoms. The van der Waals surface area contributed by atoms with Gasteiger partial charge in [-0.2, -0.15) is 5.10 Å². The van der Waals surface area contributed by atoms with Crippen molar-refractivity contribution < 1.29 is 9.21 Å². The van der Waals surface area contributed by atoms with Crippen molar-refractivity contribution in [2.24, 2.45) is 0 Å². The van der Waals surface area contributed by atoms with Crippen molar-refractivity contribution >= 4 is 33.8 Å². The van der Waals surface area contributed by atoms with E-state index in [1.807, 2.05) is 46.8 Å². The van der Waals surface area contributed by atoms with Gasteiger partial charge in [0.05, 0.1) is 33.7 Å². The van der Waals surface area contributed by atoms with Gasteiger partial charge in [-0.25, -0.2) is 14.6 Å². The molecule has 0 atom stereocenters. The summed E-state index contributed by atoms with van der Waals surface area (Å²) in [5, 5.41) is 5.60. The van der Waals surface area contributed by atoms with Gasteiger partial charge < -0.3 is 4.42 Å². The van der Waals surface area contributed by atoms with Gasteiger partial charge in [-0.3, -0.25) is 25.0 Å². The standard InChI is InChI=1S/C26H27N7O3/c1-6-32-25(35)17-9-7-8-10-21(17)29-26(32)31-30-24(34)19-12-22(18-11-15(4)36-16(18)5)28-23-20(19)13-27-33(23)14(2)3/h7-14H,6H2,1-5H3,(H,29,31)(H,30,34). The molecule has 0 aliphatic heterocycles. The van der Waals surface area contributed by atoms with Crippen LogP contribution in [0.25, 0.3) is 33.2 Å². The van der Waals surface area contributed by atoms with E-state index in [0.717, 1.165) is 11.3 Å². The maximum atomic E-state index is 13.5. The van der Waals surface area contributed by atoms with Crippen LogP contribution in [0, 0.1) is 13.8 Å². The first-order valence-corrected chi connectivity index (χ1v) is 11.8. The number of hydrazine groups is 1. The molecular formula is C26H27N7O3. The highest BCUT2D eigenvalue weighted by atomic mass is 16.3. The van der Waals surface area contributed by atoms with Crippen LogP contribution in [0.3, 0.4) is 0 Å². The molecule has 36 heavy (non-hydrogen) atoms. The highest BCUT2D eigenvalue weighted by Gasteiger charge is 2.21. The summed E-state index contributed by atoms with van der Waals surface area (Å²) in [6.07, 6.45) is 1.64. The minimum Gasteiger partial charge on any atom is -0.466 e. The predicted molar refractivity (Wildman–Crippen MR) is 138 cm³/mol. The van der Waals surface area contributed by atoms with Gasteiger partial charge >= 0.3 is 0 Å². The Labute approximate surface area is 206 Å².